The van der Waals surface area contributed by atoms with E-state index in [1.165, 1.54) is 9.79 Å². The number of piperazine rings is 1. The van der Waals surface area contributed by atoms with Crippen molar-refractivity contribution >= 4 is 23.9 Å². The number of hydrogen-bond acceptors (Lipinski definition) is 4. The molecule has 0 spiro atoms. The van der Waals surface area contributed by atoms with Crippen molar-refractivity contribution < 1.29 is 0 Å². The van der Waals surface area contributed by atoms with E-state index < -0.39 is 0 Å². The SMILES string of the molecule is C[C@@H]1CN(Sc2ccccc2)[C@@H](C)CN1Sc1ccccc1. The fourth-order valence-corrected chi connectivity index (χ4v) is 4.72. The lowest BCUT2D eigenvalue weighted by Gasteiger charge is -2.42. The third-order valence-electron chi connectivity index (χ3n) is 3.80. The monoisotopic (exact) mass is 330 g/mol. The van der Waals surface area contributed by atoms with Crippen LogP contribution in [0.5, 0.6) is 0 Å². The minimum absolute atomic E-state index is 0.539. The lowest BCUT2D eigenvalue weighted by molar-refractivity contribution is 0.187. The highest BCUT2D eigenvalue weighted by Crippen LogP contribution is 2.33. The topological polar surface area (TPSA) is 6.48 Å². The van der Waals surface area contributed by atoms with Gasteiger partial charge in [-0.1, -0.05) is 36.4 Å². The molecule has 1 saturated heterocycles. The minimum Gasteiger partial charge on any atom is -0.241 e. The van der Waals surface area contributed by atoms with E-state index in [2.05, 4.69) is 83.1 Å². The second kappa shape index (κ2) is 7.55. The third kappa shape index (κ3) is 4.07. The molecule has 4 heteroatoms. The first kappa shape index (κ1) is 15.9. The zero-order valence-corrected chi connectivity index (χ0v) is 14.7. The molecule has 116 valence electrons. The molecule has 3 rings (SSSR count). The van der Waals surface area contributed by atoms with Gasteiger partial charge in [-0.15, -0.1) is 0 Å². The zero-order valence-electron chi connectivity index (χ0n) is 13.1. The molecule has 1 aliphatic rings. The highest BCUT2D eigenvalue weighted by atomic mass is 32.2. The average Bonchev–Trinajstić information content (AvgIpc) is 2.54. The van der Waals surface area contributed by atoms with Crippen molar-refractivity contribution in [1.82, 2.24) is 8.61 Å². The average molecular weight is 331 g/mol. The summed E-state index contributed by atoms with van der Waals surface area (Å²) in [5.41, 5.74) is 0. The van der Waals surface area contributed by atoms with Crippen molar-refractivity contribution in [1.29, 1.82) is 0 Å². The van der Waals surface area contributed by atoms with E-state index in [0.29, 0.717) is 12.1 Å². The van der Waals surface area contributed by atoms with E-state index in [-0.39, 0.29) is 0 Å². The molecule has 2 nitrogen and oxygen atoms in total. The van der Waals surface area contributed by atoms with Crippen molar-refractivity contribution in [3.05, 3.63) is 60.7 Å². The summed E-state index contributed by atoms with van der Waals surface area (Å²) in [4.78, 5) is 2.65. The maximum atomic E-state index is 2.52. The van der Waals surface area contributed by atoms with Gasteiger partial charge in [0.05, 0.1) is 0 Å². The van der Waals surface area contributed by atoms with Crippen molar-refractivity contribution in [2.24, 2.45) is 0 Å². The quantitative estimate of drug-likeness (QED) is 0.743. The Hall–Kier alpha value is -0.940. The van der Waals surface area contributed by atoms with Crippen LogP contribution in [0.3, 0.4) is 0 Å². The lowest BCUT2D eigenvalue weighted by atomic mass is 10.2. The van der Waals surface area contributed by atoms with Gasteiger partial charge in [-0.2, -0.15) is 0 Å². The zero-order chi connectivity index (χ0) is 15.4. The summed E-state index contributed by atoms with van der Waals surface area (Å²) in [5.74, 6) is 0. The Morgan fingerprint density at radius 1 is 0.682 bits per heavy atom. The summed E-state index contributed by atoms with van der Waals surface area (Å²) < 4.78 is 5.03. The van der Waals surface area contributed by atoms with Gasteiger partial charge in [0.25, 0.3) is 0 Å². The van der Waals surface area contributed by atoms with Gasteiger partial charge in [-0.3, -0.25) is 0 Å². The van der Waals surface area contributed by atoms with E-state index in [0.717, 1.165) is 13.1 Å². The molecule has 0 unspecified atom stereocenters. The molecule has 0 amide bonds. The summed E-state index contributed by atoms with van der Waals surface area (Å²) in [7, 11) is 0. The third-order valence-corrected chi connectivity index (χ3v) is 6.26. The van der Waals surface area contributed by atoms with Crippen molar-refractivity contribution in [2.75, 3.05) is 13.1 Å². The smallest absolute Gasteiger partial charge is 0.0315 e. The highest BCUT2D eigenvalue weighted by Gasteiger charge is 2.30. The van der Waals surface area contributed by atoms with Gasteiger partial charge >= 0.3 is 0 Å². The number of benzene rings is 2. The first-order valence-corrected chi connectivity index (χ1v) is 9.26. The predicted molar refractivity (Wildman–Crippen MR) is 96.9 cm³/mol. The molecule has 0 bridgehead atoms. The maximum Gasteiger partial charge on any atom is 0.0315 e. The van der Waals surface area contributed by atoms with Crippen LogP contribution in [0.2, 0.25) is 0 Å². The van der Waals surface area contributed by atoms with Gasteiger partial charge in [-0.05, 0) is 62.0 Å². The lowest BCUT2D eigenvalue weighted by Crippen LogP contribution is -2.50. The van der Waals surface area contributed by atoms with Crippen molar-refractivity contribution in [3.8, 4) is 0 Å². The molecule has 1 fully saturated rings. The van der Waals surface area contributed by atoms with Crippen LogP contribution >= 0.6 is 23.9 Å². The maximum absolute atomic E-state index is 2.52. The van der Waals surface area contributed by atoms with Crippen LogP contribution in [0.15, 0.2) is 70.5 Å². The van der Waals surface area contributed by atoms with Gasteiger partial charge in [0.1, 0.15) is 0 Å². The molecule has 22 heavy (non-hydrogen) atoms. The van der Waals surface area contributed by atoms with E-state index in [1.54, 1.807) is 0 Å². The second-order valence-corrected chi connectivity index (χ2v) is 7.95. The molecule has 1 heterocycles. The number of hydrogen-bond donors (Lipinski definition) is 0. The molecular formula is C18H22N2S2. The van der Waals surface area contributed by atoms with E-state index in [9.17, 15) is 0 Å². The molecule has 0 saturated carbocycles. The second-order valence-electron chi connectivity index (χ2n) is 5.71. The van der Waals surface area contributed by atoms with Gasteiger partial charge < -0.3 is 0 Å². The Morgan fingerprint density at radius 2 is 1.05 bits per heavy atom. The Labute approximate surface area is 142 Å². The largest absolute Gasteiger partial charge is 0.241 e. The molecule has 1 aliphatic heterocycles. The molecule has 0 aliphatic carbocycles. The Balaban J connectivity index is 1.61. The van der Waals surface area contributed by atoms with Gasteiger partial charge in [-0.25, -0.2) is 8.61 Å². The normalized spacial score (nSPS) is 23.5. The standard InChI is InChI=1S/C18H22N2S2/c1-15-13-20(22-18-11-7-4-8-12-18)16(2)14-19(15)21-17-9-5-3-6-10-17/h3-12,15-16H,13-14H2,1-2H3/t15-,16+. The summed E-state index contributed by atoms with van der Waals surface area (Å²) >= 11 is 3.76. The first-order chi connectivity index (χ1) is 10.7. The number of nitrogens with zero attached hydrogens (tertiary/aromatic N) is 2. The van der Waals surface area contributed by atoms with Gasteiger partial charge in [0.15, 0.2) is 0 Å². The van der Waals surface area contributed by atoms with Crippen LogP contribution in [0.25, 0.3) is 0 Å². The summed E-state index contributed by atoms with van der Waals surface area (Å²) in [6, 6.07) is 22.4. The fourth-order valence-electron chi connectivity index (χ4n) is 2.55. The van der Waals surface area contributed by atoms with E-state index in [1.807, 2.05) is 23.9 Å². The fraction of sp³-hybridized carbons (Fsp3) is 0.333. The summed E-state index contributed by atoms with van der Waals surface area (Å²) in [6.45, 7) is 6.81. The Bertz CT molecular complexity index is 523. The highest BCUT2D eigenvalue weighted by molar-refractivity contribution is 7.97. The minimum atomic E-state index is 0.539. The summed E-state index contributed by atoms with van der Waals surface area (Å²) in [6.07, 6.45) is 0. The van der Waals surface area contributed by atoms with Crippen LogP contribution in [0, 0.1) is 0 Å². The van der Waals surface area contributed by atoms with Gasteiger partial charge in [0.2, 0.25) is 0 Å². The van der Waals surface area contributed by atoms with Crippen molar-refractivity contribution in [3.63, 3.8) is 0 Å². The predicted octanol–water partition coefficient (Wildman–Crippen LogP) is 4.80. The van der Waals surface area contributed by atoms with Crippen LogP contribution in [-0.2, 0) is 0 Å². The van der Waals surface area contributed by atoms with Crippen LogP contribution in [0.4, 0.5) is 0 Å². The molecule has 0 aromatic heterocycles. The molecule has 0 N–H and O–H groups in total. The van der Waals surface area contributed by atoms with Crippen molar-refractivity contribution in [2.45, 2.75) is 35.7 Å². The van der Waals surface area contributed by atoms with Gasteiger partial charge in [0, 0.05) is 35.0 Å². The van der Waals surface area contributed by atoms with Crippen LogP contribution in [0.1, 0.15) is 13.8 Å². The first-order valence-electron chi connectivity index (χ1n) is 7.71. The van der Waals surface area contributed by atoms with E-state index in [4.69, 9.17) is 0 Å². The molecular weight excluding hydrogens is 308 g/mol. The van der Waals surface area contributed by atoms with Crippen LogP contribution < -0.4 is 0 Å². The van der Waals surface area contributed by atoms with E-state index >= 15 is 0 Å². The number of rotatable bonds is 4. The molecule has 0 radical (unpaired) electrons. The Morgan fingerprint density at radius 3 is 1.41 bits per heavy atom. The molecule has 2 aromatic carbocycles. The van der Waals surface area contributed by atoms with Crippen LogP contribution in [-0.4, -0.2) is 33.8 Å². The Kier molecular flexibility index (Phi) is 5.47. The summed E-state index contributed by atoms with van der Waals surface area (Å²) in [5, 5.41) is 0. The molecule has 2 atom stereocenters. The molecule has 2 aromatic rings.